The van der Waals surface area contributed by atoms with Gasteiger partial charge in [-0.2, -0.15) is 17.6 Å². The molecule has 0 bridgehead atoms. The summed E-state index contributed by atoms with van der Waals surface area (Å²) in [6.45, 7) is -0.580. The average Bonchev–Trinajstić information content (AvgIpc) is 1.97. The van der Waals surface area contributed by atoms with Gasteiger partial charge in [-0.3, -0.25) is 0 Å². The molecule has 0 aromatic carbocycles. The molecule has 0 spiro atoms. The van der Waals surface area contributed by atoms with Crippen LogP contribution in [0.5, 0.6) is 0 Å². The second kappa shape index (κ2) is 4.32. The molecular formula is C5H4Cl2F4O2. The summed E-state index contributed by atoms with van der Waals surface area (Å²) in [6, 6.07) is 0. The highest BCUT2D eigenvalue weighted by Crippen LogP contribution is 2.38. The van der Waals surface area contributed by atoms with E-state index in [1.165, 1.54) is 0 Å². The van der Waals surface area contributed by atoms with Crippen molar-refractivity contribution in [1.29, 1.82) is 0 Å². The van der Waals surface area contributed by atoms with Crippen LogP contribution in [0.1, 0.15) is 0 Å². The minimum Gasteiger partial charge on any atom is -0.460 e. The Bertz CT molecular complexity index is 191. The number of carbonyl (C=O) groups is 1. The fourth-order valence-corrected chi connectivity index (χ4v) is 0.492. The molecule has 8 heteroatoms. The molecule has 0 unspecified atom stereocenters. The standard InChI is InChI=1S/C5H4Cl2F4O2/c6-1-2-13-3(12)4(8,9)5(7,10)11/h1-2H2. The molecule has 0 saturated carbocycles. The Labute approximate surface area is 80.7 Å². The average molecular weight is 243 g/mol. The Balaban J connectivity index is 4.37. The van der Waals surface area contributed by atoms with Crippen LogP contribution < -0.4 is 0 Å². The van der Waals surface area contributed by atoms with Crippen molar-refractivity contribution in [3.63, 3.8) is 0 Å². The summed E-state index contributed by atoms with van der Waals surface area (Å²) in [5.41, 5.74) is 0. The Kier molecular flexibility index (Phi) is 4.25. The van der Waals surface area contributed by atoms with Crippen LogP contribution in [-0.2, 0) is 9.53 Å². The minimum absolute atomic E-state index is 0.268. The van der Waals surface area contributed by atoms with Gasteiger partial charge in [-0.25, -0.2) is 4.79 Å². The molecule has 0 aliphatic carbocycles. The summed E-state index contributed by atoms with van der Waals surface area (Å²) >= 11 is 8.95. The fraction of sp³-hybridized carbons (Fsp3) is 0.800. The third-order valence-electron chi connectivity index (χ3n) is 0.923. The fourth-order valence-electron chi connectivity index (χ4n) is 0.338. The molecule has 0 aromatic heterocycles. The van der Waals surface area contributed by atoms with Gasteiger partial charge in [0.25, 0.3) is 0 Å². The van der Waals surface area contributed by atoms with Crippen LogP contribution in [-0.4, -0.2) is 29.8 Å². The number of esters is 1. The molecule has 0 aliphatic rings. The van der Waals surface area contributed by atoms with Crippen LogP contribution in [0.3, 0.4) is 0 Å². The SMILES string of the molecule is O=C(OCCCl)C(F)(F)C(F)(F)Cl. The van der Waals surface area contributed by atoms with Gasteiger partial charge in [0.1, 0.15) is 6.61 Å². The first-order chi connectivity index (χ1) is 5.73. The predicted molar refractivity (Wildman–Crippen MR) is 37.4 cm³/mol. The molecule has 0 atom stereocenters. The van der Waals surface area contributed by atoms with Crippen molar-refractivity contribution in [3.8, 4) is 0 Å². The maximum atomic E-state index is 12.2. The number of hydrogen-bond donors (Lipinski definition) is 0. The summed E-state index contributed by atoms with van der Waals surface area (Å²) in [7, 11) is 0. The zero-order valence-electron chi connectivity index (χ0n) is 6.00. The van der Waals surface area contributed by atoms with Crippen LogP contribution in [0, 0.1) is 0 Å². The number of hydrogen-bond acceptors (Lipinski definition) is 2. The first-order valence-corrected chi connectivity index (χ1v) is 3.82. The number of ether oxygens (including phenoxy) is 1. The third-order valence-corrected chi connectivity index (χ3v) is 1.31. The lowest BCUT2D eigenvalue weighted by atomic mass is 10.3. The lowest BCUT2D eigenvalue weighted by molar-refractivity contribution is -0.203. The molecular weight excluding hydrogens is 239 g/mol. The van der Waals surface area contributed by atoms with Crippen molar-refractivity contribution >= 4 is 29.2 Å². The van der Waals surface area contributed by atoms with Crippen LogP contribution in [0.4, 0.5) is 17.6 Å². The molecule has 78 valence electrons. The van der Waals surface area contributed by atoms with Crippen molar-refractivity contribution in [2.75, 3.05) is 12.5 Å². The van der Waals surface area contributed by atoms with Crippen LogP contribution in [0.25, 0.3) is 0 Å². The molecule has 0 fully saturated rings. The van der Waals surface area contributed by atoms with Crippen LogP contribution >= 0.6 is 23.2 Å². The summed E-state index contributed by atoms with van der Waals surface area (Å²) in [6.07, 6.45) is 0. The lowest BCUT2D eigenvalue weighted by Gasteiger charge is -2.18. The Morgan fingerprint density at radius 2 is 1.77 bits per heavy atom. The zero-order chi connectivity index (χ0) is 10.7. The van der Waals surface area contributed by atoms with Crippen molar-refractivity contribution in [1.82, 2.24) is 0 Å². The summed E-state index contributed by atoms with van der Waals surface area (Å²) in [5, 5.41) is -4.96. The smallest absolute Gasteiger partial charge is 0.418 e. The normalized spacial score (nSPS) is 12.8. The van der Waals surface area contributed by atoms with Gasteiger partial charge in [0.2, 0.25) is 0 Å². The first-order valence-electron chi connectivity index (χ1n) is 2.91. The maximum Gasteiger partial charge on any atom is 0.418 e. The van der Waals surface area contributed by atoms with E-state index in [4.69, 9.17) is 11.6 Å². The van der Waals surface area contributed by atoms with Crippen LogP contribution in [0.2, 0.25) is 0 Å². The Morgan fingerprint density at radius 3 is 2.08 bits per heavy atom. The third kappa shape index (κ3) is 3.19. The predicted octanol–water partition coefficient (Wildman–Crippen LogP) is 2.24. The highest BCUT2D eigenvalue weighted by molar-refractivity contribution is 6.24. The molecule has 0 radical (unpaired) electrons. The van der Waals surface area contributed by atoms with Gasteiger partial charge in [-0.15, -0.1) is 11.6 Å². The van der Waals surface area contributed by atoms with E-state index in [1.807, 2.05) is 0 Å². The Hall–Kier alpha value is -0.230. The summed E-state index contributed by atoms with van der Waals surface area (Å²) < 4.78 is 51.9. The second-order valence-corrected chi connectivity index (χ2v) is 2.75. The summed E-state index contributed by atoms with van der Waals surface area (Å²) in [5.74, 6) is -7.70. The molecule has 0 N–H and O–H groups in total. The highest BCUT2D eigenvalue weighted by Gasteiger charge is 2.62. The van der Waals surface area contributed by atoms with Crippen molar-refractivity contribution < 1.29 is 27.1 Å². The van der Waals surface area contributed by atoms with E-state index >= 15 is 0 Å². The molecule has 0 aromatic rings. The van der Waals surface area contributed by atoms with Crippen molar-refractivity contribution in [2.24, 2.45) is 0 Å². The lowest BCUT2D eigenvalue weighted by Crippen LogP contribution is -2.44. The summed E-state index contributed by atoms with van der Waals surface area (Å²) in [4.78, 5) is 10.3. The van der Waals surface area contributed by atoms with Gasteiger partial charge in [0.05, 0.1) is 5.88 Å². The largest absolute Gasteiger partial charge is 0.460 e. The van der Waals surface area contributed by atoms with E-state index in [2.05, 4.69) is 16.3 Å². The monoisotopic (exact) mass is 242 g/mol. The van der Waals surface area contributed by atoms with E-state index in [9.17, 15) is 22.4 Å². The number of alkyl halides is 6. The van der Waals surface area contributed by atoms with Gasteiger partial charge in [0, 0.05) is 0 Å². The van der Waals surface area contributed by atoms with E-state index in [0.717, 1.165) is 0 Å². The minimum atomic E-state index is -5.04. The molecule has 0 rings (SSSR count). The van der Waals surface area contributed by atoms with E-state index < -0.39 is 23.9 Å². The van der Waals surface area contributed by atoms with Gasteiger partial charge >= 0.3 is 17.3 Å². The van der Waals surface area contributed by atoms with E-state index in [1.54, 1.807) is 0 Å². The maximum absolute atomic E-state index is 12.2. The first kappa shape index (κ1) is 12.8. The molecule has 0 aliphatic heterocycles. The van der Waals surface area contributed by atoms with Crippen molar-refractivity contribution in [2.45, 2.75) is 11.3 Å². The van der Waals surface area contributed by atoms with E-state index in [-0.39, 0.29) is 5.88 Å². The van der Waals surface area contributed by atoms with Gasteiger partial charge in [-0.1, -0.05) is 0 Å². The number of rotatable bonds is 4. The molecule has 0 heterocycles. The van der Waals surface area contributed by atoms with Crippen molar-refractivity contribution in [3.05, 3.63) is 0 Å². The zero-order valence-corrected chi connectivity index (χ0v) is 7.51. The quantitative estimate of drug-likeness (QED) is 0.430. The van der Waals surface area contributed by atoms with Crippen LogP contribution in [0.15, 0.2) is 0 Å². The number of carbonyl (C=O) groups excluding carboxylic acids is 1. The highest BCUT2D eigenvalue weighted by atomic mass is 35.5. The van der Waals surface area contributed by atoms with Gasteiger partial charge < -0.3 is 4.74 Å². The molecule has 2 nitrogen and oxygen atoms in total. The molecule has 13 heavy (non-hydrogen) atoms. The molecule has 0 saturated heterocycles. The molecule has 0 amide bonds. The number of halogens is 6. The topological polar surface area (TPSA) is 26.3 Å². The van der Waals surface area contributed by atoms with Gasteiger partial charge in [0.15, 0.2) is 0 Å². The van der Waals surface area contributed by atoms with E-state index in [0.29, 0.717) is 0 Å². The van der Waals surface area contributed by atoms with Gasteiger partial charge in [-0.05, 0) is 11.6 Å². The second-order valence-electron chi connectivity index (χ2n) is 1.90. The Morgan fingerprint density at radius 1 is 1.31 bits per heavy atom.